The summed E-state index contributed by atoms with van der Waals surface area (Å²) in [5.41, 5.74) is 1.68. The van der Waals surface area contributed by atoms with Gasteiger partial charge in [0, 0.05) is 24.4 Å². The summed E-state index contributed by atoms with van der Waals surface area (Å²) in [5.74, 6) is -0.737. The number of esters is 2. The van der Waals surface area contributed by atoms with Crippen molar-refractivity contribution in [1.82, 2.24) is 0 Å². The van der Waals surface area contributed by atoms with Crippen LogP contribution in [0.5, 0.6) is 0 Å². The molecule has 0 aliphatic heterocycles. The Bertz CT molecular complexity index is 494. The van der Waals surface area contributed by atoms with Crippen LogP contribution >= 0.6 is 11.6 Å². The lowest BCUT2D eigenvalue weighted by Gasteiger charge is -2.05. The van der Waals surface area contributed by atoms with Gasteiger partial charge in [0.05, 0.1) is 13.7 Å². The number of rotatable bonds is 5. The molecule has 0 fully saturated rings. The fraction of sp³-hybridized carbons (Fsp3) is 0.286. The lowest BCUT2D eigenvalue weighted by atomic mass is 10.1. The standard InChI is InChI=1S/C14H15ClO4/c1-10(16)19-8-7-11-3-4-12(13(15)9-11)5-6-14(17)18-2/h3-6,9H,7-8H2,1-2H3/b6-5+. The first-order valence-electron chi connectivity index (χ1n) is 5.70. The monoisotopic (exact) mass is 282 g/mol. The van der Waals surface area contributed by atoms with E-state index in [1.165, 1.54) is 20.1 Å². The molecule has 0 saturated carbocycles. The Balaban J connectivity index is 2.66. The van der Waals surface area contributed by atoms with Gasteiger partial charge in [-0.15, -0.1) is 0 Å². The van der Waals surface area contributed by atoms with Crippen LogP contribution in [0.25, 0.3) is 6.08 Å². The van der Waals surface area contributed by atoms with E-state index < -0.39 is 5.97 Å². The van der Waals surface area contributed by atoms with Crippen molar-refractivity contribution in [3.8, 4) is 0 Å². The zero-order valence-corrected chi connectivity index (χ0v) is 11.6. The van der Waals surface area contributed by atoms with E-state index in [0.717, 1.165) is 11.1 Å². The van der Waals surface area contributed by atoms with Crippen molar-refractivity contribution in [3.05, 3.63) is 40.4 Å². The normalized spacial score (nSPS) is 10.5. The molecule has 0 heterocycles. The van der Waals surface area contributed by atoms with Gasteiger partial charge < -0.3 is 9.47 Å². The lowest BCUT2D eigenvalue weighted by Crippen LogP contribution is -2.03. The second-order valence-electron chi connectivity index (χ2n) is 3.80. The Morgan fingerprint density at radius 3 is 2.68 bits per heavy atom. The molecular weight excluding hydrogens is 268 g/mol. The molecule has 1 rings (SSSR count). The molecule has 0 radical (unpaired) electrons. The molecule has 102 valence electrons. The fourth-order valence-electron chi connectivity index (χ4n) is 1.40. The maximum absolute atomic E-state index is 11.0. The minimum absolute atomic E-state index is 0.302. The molecule has 0 atom stereocenters. The predicted molar refractivity (Wildman–Crippen MR) is 72.8 cm³/mol. The number of ether oxygens (including phenoxy) is 2. The molecule has 0 amide bonds. The van der Waals surface area contributed by atoms with Crippen LogP contribution in [-0.4, -0.2) is 25.7 Å². The summed E-state index contributed by atoms with van der Waals surface area (Å²) in [6.45, 7) is 1.69. The minimum Gasteiger partial charge on any atom is -0.466 e. The first-order chi connectivity index (χ1) is 9.02. The van der Waals surface area contributed by atoms with Crippen molar-refractivity contribution in [2.45, 2.75) is 13.3 Å². The highest BCUT2D eigenvalue weighted by molar-refractivity contribution is 6.32. The highest BCUT2D eigenvalue weighted by atomic mass is 35.5. The second-order valence-corrected chi connectivity index (χ2v) is 4.21. The van der Waals surface area contributed by atoms with E-state index >= 15 is 0 Å². The van der Waals surface area contributed by atoms with Gasteiger partial charge in [0.15, 0.2) is 0 Å². The summed E-state index contributed by atoms with van der Waals surface area (Å²) in [4.78, 5) is 21.6. The highest BCUT2D eigenvalue weighted by Crippen LogP contribution is 2.19. The van der Waals surface area contributed by atoms with Crippen LogP contribution in [0.3, 0.4) is 0 Å². The Morgan fingerprint density at radius 1 is 1.37 bits per heavy atom. The van der Waals surface area contributed by atoms with Crippen molar-refractivity contribution < 1.29 is 19.1 Å². The SMILES string of the molecule is COC(=O)/C=C/c1ccc(CCOC(C)=O)cc1Cl. The molecule has 1 aromatic carbocycles. The van der Waals surface area contributed by atoms with Crippen LogP contribution in [0.2, 0.25) is 5.02 Å². The number of hydrogen-bond acceptors (Lipinski definition) is 4. The number of carbonyl (C=O) groups excluding carboxylic acids is 2. The lowest BCUT2D eigenvalue weighted by molar-refractivity contribution is -0.140. The Kier molecular flexibility index (Phi) is 6.09. The molecule has 0 saturated heterocycles. The number of hydrogen-bond donors (Lipinski definition) is 0. The van der Waals surface area contributed by atoms with Crippen LogP contribution in [0.4, 0.5) is 0 Å². The average molecular weight is 283 g/mol. The number of benzene rings is 1. The van der Waals surface area contributed by atoms with Gasteiger partial charge in [0.1, 0.15) is 0 Å². The van der Waals surface area contributed by atoms with Crippen molar-refractivity contribution in [2.24, 2.45) is 0 Å². The van der Waals surface area contributed by atoms with Gasteiger partial charge >= 0.3 is 11.9 Å². The summed E-state index contributed by atoms with van der Waals surface area (Å²) in [6, 6.07) is 5.44. The quantitative estimate of drug-likeness (QED) is 0.615. The molecule has 0 N–H and O–H groups in total. The van der Waals surface area contributed by atoms with E-state index in [0.29, 0.717) is 18.1 Å². The average Bonchev–Trinajstić information content (AvgIpc) is 2.37. The molecule has 0 bridgehead atoms. The molecule has 19 heavy (non-hydrogen) atoms. The zero-order valence-electron chi connectivity index (χ0n) is 10.8. The smallest absolute Gasteiger partial charge is 0.330 e. The van der Waals surface area contributed by atoms with Gasteiger partial charge in [-0.3, -0.25) is 4.79 Å². The van der Waals surface area contributed by atoms with Crippen molar-refractivity contribution in [1.29, 1.82) is 0 Å². The number of methoxy groups -OCH3 is 1. The molecular formula is C14H15ClO4. The van der Waals surface area contributed by atoms with Crippen LogP contribution in [0.15, 0.2) is 24.3 Å². The van der Waals surface area contributed by atoms with E-state index in [4.69, 9.17) is 16.3 Å². The molecule has 0 unspecified atom stereocenters. The predicted octanol–water partition coefficient (Wildman–Crippen LogP) is 2.63. The molecule has 1 aromatic rings. The third-order valence-electron chi connectivity index (χ3n) is 2.36. The third-order valence-corrected chi connectivity index (χ3v) is 2.69. The van der Waals surface area contributed by atoms with Gasteiger partial charge in [0.2, 0.25) is 0 Å². The first-order valence-corrected chi connectivity index (χ1v) is 6.08. The summed E-state index contributed by atoms with van der Waals surface area (Å²) in [7, 11) is 1.31. The molecule has 5 heteroatoms. The van der Waals surface area contributed by atoms with Gasteiger partial charge in [-0.2, -0.15) is 0 Å². The number of carbonyl (C=O) groups is 2. The van der Waals surface area contributed by atoms with Crippen molar-refractivity contribution in [2.75, 3.05) is 13.7 Å². The maximum atomic E-state index is 11.0. The summed E-state index contributed by atoms with van der Waals surface area (Å²) in [6.07, 6.45) is 3.49. The maximum Gasteiger partial charge on any atom is 0.330 e. The van der Waals surface area contributed by atoms with Crippen molar-refractivity contribution >= 4 is 29.6 Å². The van der Waals surface area contributed by atoms with E-state index in [9.17, 15) is 9.59 Å². The summed E-state index contributed by atoms with van der Waals surface area (Å²) >= 11 is 6.09. The Morgan fingerprint density at radius 2 is 2.11 bits per heavy atom. The fourth-order valence-corrected chi connectivity index (χ4v) is 1.67. The first kappa shape index (κ1) is 15.2. The van der Waals surface area contributed by atoms with Gasteiger partial charge in [-0.05, 0) is 23.3 Å². The highest BCUT2D eigenvalue weighted by Gasteiger charge is 2.02. The van der Waals surface area contributed by atoms with Gasteiger partial charge in [-0.1, -0.05) is 23.7 Å². The molecule has 0 aromatic heterocycles. The van der Waals surface area contributed by atoms with Gasteiger partial charge in [-0.25, -0.2) is 4.79 Å². The van der Waals surface area contributed by atoms with E-state index in [1.54, 1.807) is 18.2 Å². The molecule has 4 nitrogen and oxygen atoms in total. The van der Waals surface area contributed by atoms with Crippen LogP contribution in [-0.2, 0) is 25.5 Å². The minimum atomic E-state index is -0.435. The molecule has 0 spiro atoms. The van der Waals surface area contributed by atoms with E-state index in [1.807, 2.05) is 6.07 Å². The van der Waals surface area contributed by atoms with Gasteiger partial charge in [0.25, 0.3) is 0 Å². The molecule has 0 aliphatic carbocycles. The largest absolute Gasteiger partial charge is 0.466 e. The van der Waals surface area contributed by atoms with E-state index in [-0.39, 0.29) is 5.97 Å². The molecule has 0 aliphatic rings. The Hall–Kier alpha value is -1.81. The Labute approximate surface area is 117 Å². The van der Waals surface area contributed by atoms with E-state index in [2.05, 4.69) is 4.74 Å². The number of halogens is 1. The zero-order chi connectivity index (χ0) is 14.3. The van der Waals surface area contributed by atoms with Crippen LogP contribution in [0.1, 0.15) is 18.1 Å². The van der Waals surface area contributed by atoms with Crippen LogP contribution in [0, 0.1) is 0 Å². The van der Waals surface area contributed by atoms with Crippen molar-refractivity contribution in [3.63, 3.8) is 0 Å². The topological polar surface area (TPSA) is 52.6 Å². The summed E-state index contributed by atoms with van der Waals surface area (Å²) in [5, 5.41) is 0.528. The third kappa shape index (κ3) is 5.57. The summed E-state index contributed by atoms with van der Waals surface area (Å²) < 4.78 is 9.35. The van der Waals surface area contributed by atoms with Crippen LogP contribution < -0.4 is 0 Å². The second kappa shape index (κ2) is 7.59.